The lowest BCUT2D eigenvalue weighted by Gasteiger charge is -2.18. The number of hydrogen-bond donors (Lipinski definition) is 2. The molecule has 33 heavy (non-hydrogen) atoms. The van der Waals surface area contributed by atoms with Crippen molar-refractivity contribution in [1.82, 2.24) is 5.32 Å². The van der Waals surface area contributed by atoms with E-state index in [0.29, 0.717) is 42.9 Å². The van der Waals surface area contributed by atoms with E-state index in [9.17, 15) is 9.18 Å². The lowest BCUT2D eigenvalue weighted by molar-refractivity contribution is -0.118. The largest absolute Gasteiger partial charge is 0.494 e. The molecule has 0 heterocycles. The summed E-state index contributed by atoms with van der Waals surface area (Å²) in [6.07, 6.45) is 6.58. The van der Waals surface area contributed by atoms with Crippen molar-refractivity contribution in [3.8, 4) is 5.75 Å². The van der Waals surface area contributed by atoms with Gasteiger partial charge < -0.3 is 15.2 Å². The van der Waals surface area contributed by atoms with E-state index in [0.717, 1.165) is 30.5 Å². The Morgan fingerprint density at radius 2 is 1.97 bits per heavy atom. The molecular weight excluding hydrogens is 417 g/mol. The maximum atomic E-state index is 13.7. The van der Waals surface area contributed by atoms with Crippen LogP contribution in [0, 0.1) is 11.7 Å². The van der Waals surface area contributed by atoms with E-state index in [2.05, 4.69) is 36.5 Å². The van der Waals surface area contributed by atoms with Crippen LogP contribution in [-0.4, -0.2) is 37.7 Å². The zero-order chi connectivity index (χ0) is 23.6. The summed E-state index contributed by atoms with van der Waals surface area (Å²) in [5, 5.41) is 11.9. The van der Waals surface area contributed by atoms with Gasteiger partial charge in [0.2, 0.25) is 0 Å². The van der Waals surface area contributed by atoms with Crippen molar-refractivity contribution >= 4 is 5.78 Å². The highest BCUT2D eigenvalue weighted by atomic mass is 19.1. The molecular formula is C28H38FNO3. The quantitative estimate of drug-likeness (QED) is 0.398. The Kier molecular flexibility index (Phi) is 9.89. The molecule has 180 valence electrons. The SMILES string of the molecule is COc1cc([C@@H](C)C[C@H]2CC[C@@H](c3ccc(CC(=O)CCCNCCO)cc3)C2)ccc1F. The summed E-state index contributed by atoms with van der Waals surface area (Å²) in [7, 11) is 1.51. The predicted molar refractivity (Wildman–Crippen MR) is 130 cm³/mol. The van der Waals surface area contributed by atoms with Crippen LogP contribution in [0.25, 0.3) is 0 Å². The second-order valence-electron chi connectivity index (χ2n) is 9.44. The van der Waals surface area contributed by atoms with E-state index in [-0.39, 0.29) is 18.2 Å². The fraction of sp³-hybridized carbons (Fsp3) is 0.536. The summed E-state index contributed by atoms with van der Waals surface area (Å²) in [6, 6.07) is 13.8. The van der Waals surface area contributed by atoms with E-state index in [1.807, 2.05) is 12.1 Å². The Bertz CT molecular complexity index is 883. The second kappa shape index (κ2) is 12.9. The molecule has 3 rings (SSSR count). The number of rotatable bonds is 13. The summed E-state index contributed by atoms with van der Waals surface area (Å²) < 4.78 is 18.9. The minimum Gasteiger partial charge on any atom is -0.494 e. The van der Waals surface area contributed by atoms with Gasteiger partial charge in [-0.3, -0.25) is 4.79 Å². The van der Waals surface area contributed by atoms with Gasteiger partial charge in [0.15, 0.2) is 11.6 Å². The van der Waals surface area contributed by atoms with Gasteiger partial charge in [-0.25, -0.2) is 4.39 Å². The summed E-state index contributed by atoms with van der Waals surface area (Å²) >= 11 is 0. The van der Waals surface area contributed by atoms with Crippen LogP contribution in [0.4, 0.5) is 4.39 Å². The maximum absolute atomic E-state index is 13.7. The molecule has 1 fully saturated rings. The molecule has 0 spiro atoms. The molecule has 4 nitrogen and oxygen atoms in total. The number of halogens is 1. The van der Waals surface area contributed by atoms with Crippen LogP contribution in [0.1, 0.15) is 74.0 Å². The molecule has 1 aliphatic carbocycles. The van der Waals surface area contributed by atoms with Gasteiger partial charge in [-0.2, -0.15) is 0 Å². The first-order valence-electron chi connectivity index (χ1n) is 12.3. The minimum absolute atomic E-state index is 0.130. The normalized spacial score (nSPS) is 18.9. The molecule has 2 aromatic rings. The molecule has 3 atom stereocenters. The van der Waals surface area contributed by atoms with Crippen molar-refractivity contribution in [2.75, 3.05) is 26.8 Å². The third kappa shape index (κ3) is 7.65. The Balaban J connectivity index is 1.45. The van der Waals surface area contributed by atoms with Crippen LogP contribution >= 0.6 is 0 Å². The number of nitrogens with one attached hydrogen (secondary N) is 1. The van der Waals surface area contributed by atoms with Gasteiger partial charge in [-0.15, -0.1) is 0 Å². The molecule has 1 saturated carbocycles. The standard InChI is InChI=1S/C28H38FNO3/c1-20(24-11-12-27(29)28(19-24)33-2)16-22-7-10-25(17-22)23-8-5-21(6-9-23)18-26(32)4-3-13-30-14-15-31/h5-6,8-9,11-12,19-20,22,25,30-31H,3-4,7,10,13-18H2,1-2H3/t20-,22+,25+/m0/s1. The van der Waals surface area contributed by atoms with E-state index < -0.39 is 0 Å². The van der Waals surface area contributed by atoms with Crippen molar-refractivity contribution < 1.29 is 19.0 Å². The van der Waals surface area contributed by atoms with Crippen molar-refractivity contribution in [3.63, 3.8) is 0 Å². The molecule has 5 heteroatoms. The summed E-state index contributed by atoms with van der Waals surface area (Å²) in [4.78, 5) is 12.2. The number of hydrogen-bond acceptors (Lipinski definition) is 4. The van der Waals surface area contributed by atoms with E-state index in [1.165, 1.54) is 38.0 Å². The van der Waals surface area contributed by atoms with Crippen LogP contribution < -0.4 is 10.1 Å². The molecule has 0 unspecified atom stereocenters. The molecule has 2 N–H and O–H groups in total. The first-order chi connectivity index (χ1) is 16.0. The van der Waals surface area contributed by atoms with Crippen LogP contribution in [0.3, 0.4) is 0 Å². The van der Waals surface area contributed by atoms with Gasteiger partial charge in [0.05, 0.1) is 13.7 Å². The Morgan fingerprint density at radius 3 is 2.70 bits per heavy atom. The fourth-order valence-corrected chi connectivity index (χ4v) is 5.05. The summed E-state index contributed by atoms with van der Waals surface area (Å²) in [6.45, 7) is 3.69. The average Bonchev–Trinajstić information content (AvgIpc) is 3.28. The third-order valence-electron chi connectivity index (χ3n) is 6.92. The number of carbonyl (C=O) groups excluding carboxylic acids is 1. The number of Topliss-reactive ketones (excluding diaryl/α,β-unsaturated/α-hetero) is 1. The number of aliphatic hydroxyl groups excluding tert-OH is 1. The van der Waals surface area contributed by atoms with Crippen molar-refractivity contribution in [3.05, 3.63) is 65.0 Å². The van der Waals surface area contributed by atoms with Crippen LogP contribution in [0.2, 0.25) is 0 Å². The van der Waals surface area contributed by atoms with Gasteiger partial charge in [0.25, 0.3) is 0 Å². The number of aliphatic hydroxyl groups is 1. The summed E-state index contributed by atoms with van der Waals surface area (Å²) in [5.74, 6) is 1.89. The molecule has 0 bridgehead atoms. The van der Waals surface area contributed by atoms with Crippen LogP contribution in [-0.2, 0) is 11.2 Å². The zero-order valence-electron chi connectivity index (χ0n) is 20.0. The van der Waals surface area contributed by atoms with Crippen LogP contribution in [0.5, 0.6) is 5.75 Å². The number of ketones is 1. The molecule has 0 amide bonds. The number of ether oxygens (including phenoxy) is 1. The molecule has 0 radical (unpaired) electrons. The topological polar surface area (TPSA) is 58.6 Å². The maximum Gasteiger partial charge on any atom is 0.165 e. The van der Waals surface area contributed by atoms with Gasteiger partial charge in [-0.1, -0.05) is 37.3 Å². The van der Waals surface area contributed by atoms with Crippen LogP contribution in [0.15, 0.2) is 42.5 Å². The highest BCUT2D eigenvalue weighted by Crippen LogP contribution is 2.42. The van der Waals surface area contributed by atoms with Gasteiger partial charge in [0.1, 0.15) is 5.78 Å². The fourth-order valence-electron chi connectivity index (χ4n) is 5.05. The predicted octanol–water partition coefficient (Wildman–Crippen LogP) is 5.39. The lowest BCUT2D eigenvalue weighted by atomic mass is 9.87. The second-order valence-corrected chi connectivity index (χ2v) is 9.44. The van der Waals surface area contributed by atoms with Gasteiger partial charge in [-0.05, 0) is 85.2 Å². The van der Waals surface area contributed by atoms with E-state index >= 15 is 0 Å². The van der Waals surface area contributed by atoms with Gasteiger partial charge >= 0.3 is 0 Å². The molecule has 0 aromatic heterocycles. The van der Waals surface area contributed by atoms with E-state index in [4.69, 9.17) is 9.84 Å². The van der Waals surface area contributed by atoms with Crippen molar-refractivity contribution in [2.24, 2.45) is 5.92 Å². The minimum atomic E-state index is -0.311. The first-order valence-corrected chi connectivity index (χ1v) is 12.3. The first kappa shape index (κ1) is 25.4. The summed E-state index contributed by atoms with van der Waals surface area (Å²) in [5.41, 5.74) is 3.59. The molecule has 0 aliphatic heterocycles. The Morgan fingerprint density at radius 1 is 1.18 bits per heavy atom. The molecule has 1 aliphatic rings. The number of benzene rings is 2. The smallest absolute Gasteiger partial charge is 0.165 e. The number of methoxy groups -OCH3 is 1. The lowest BCUT2D eigenvalue weighted by Crippen LogP contribution is -2.20. The molecule has 0 saturated heterocycles. The van der Waals surface area contributed by atoms with Gasteiger partial charge in [0, 0.05) is 19.4 Å². The Labute approximate surface area is 197 Å². The highest BCUT2D eigenvalue weighted by molar-refractivity contribution is 5.80. The number of carbonyl (C=O) groups is 1. The Hall–Kier alpha value is -2.24. The highest BCUT2D eigenvalue weighted by Gasteiger charge is 2.27. The van der Waals surface area contributed by atoms with Crippen molar-refractivity contribution in [1.29, 1.82) is 0 Å². The third-order valence-corrected chi connectivity index (χ3v) is 6.92. The zero-order valence-corrected chi connectivity index (χ0v) is 20.0. The molecule has 2 aromatic carbocycles. The monoisotopic (exact) mass is 455 g/mol. The average molecular weight is 456 g/mol. The van der Waals surface area contributed by atoms with Crippen molar-refractivity contribution in [2.45, 2.75) is 63.7 Å². The van der Waals surface area contributed by atoms with E-state index in [1.54, 1.807) is 0 Å².